The maximum absolute atomic E-state index is 13.7. The molecule has 2 aromatic rings. The van der Waals surface area contributed by atoms with Gasteiger partial charge in [0.1, 0.15) is 5.82 Å². The van der Waals surface area contributed by atoms with Crippen molar-refractivity contribution < 1.29 is 9.18 Å². The first-order chi connectivity index (χ1) is 9.15. The van der Waals surface area contributed by atoms with Gasteiger partial charge in [-0.05, 0) is 18.2 Å². The van der Waals surface area contributed by atoms with Crippen LogP contribution in [-0.2, 0) is 13.0 Å². The van der Waals surface area contributed by atoms with Gasteiger partial charge in [0.15, 0.2) is 0 Å². The fourth-order valence-corrected chi connectivity index (χ4v) is 2.39. The molecule has 19 heavy (non-hydrogen) atoms. The van der Waals surface area contributed by atoms with Crippen molar-refractivity contribution in [2.45, 2.75) is 13.0 Å². The molecule has 1 aromatic heterocycles. The van der Waals surface area contributed by atoms with Crippen molar-refractivity contribution in [3.05, 3.63) is 52.1 Å². The molecule has 0 bridgehead atoms. The van der Waals surface area contributed by atoms with E-state index in [1.54, 1.807) is 11.1 Å². The van der Waals surface area contributed by atoms with E-state index in [1.807, 2.05) is 0 Å². The number of benzene rings is 1. The molecule has 1 aliphatic rings. The average Bonchev–Trinajstić information content (AvgIpc) is 2.85. The summed E-state index contributed by atoms with van der Waals surface area (Å²) in [5.41, 5.74) is 2.07. The Kier molecular flexibility index (Phi) is 2.98. The first kappa shape index (κ1) is 12.2. The van der Waals surface area contributed by atoms with E-state index in [1.165, 1.54) is 12.1 Å². The fraction of sp³-hybridized carbons (Fsp3) is 0.231. The maximum atomic E-state index is 13.7. The lowest BCUT2D eigenvalue weighted by Crippen LogP contribution is -2.36. The van der Waals surface area contributed by atoms with Crippen LogP contribution in [0.1, 0.15) is 21.6 Å². The molecule has 4 nitrogen and oxygen atoms in total. The number of H-pyrrole nitrogens is 1. The van der Waals surface area contributed by atoms with E-state index in [0.29, 0.717) is 19.5 Å². The maximum Gasteiger partial charge on any atom is 0.257 e. The van der Waals surface area contributed by atoms with Gasteiger partial charge in [-0.3, -0.25) is 9.89 Å². The molecular weight excluding hydrogens is 269 g/mol. The van der Waals surface area contributed by atoms with Crippen LogP contribution in [0.5, 0.6) is 0 Å². The third kappa shape index (κ3) is 2.21. The second-order valence-corrected chi connectivity index (χ2v) is 4.91. The van der Waals surface area contributed by atoms with E-state index < -0.39 is 5.82 Å². The van der Waals surface area contributed by atoms with Crippen molar-refractivity contribution in [3.63, 3.8) is 0 Å². The lowest BCUT2D eigenvalue weighted by atomic mass is 10.1. The molecule has 1 amide bonds. The highest BCUT2D eigenvalue weighted by Gasteiger charge is 2.24. The number of fused-ring (bicyclic) bond motifs is 1. The number of amides is 1. The number of carbonyl (C=O) groups excluding carboxylic acids is 1. The summed E-state index contributed by atoms with van der Waals surface area (Å²) >= 11 is 5.68. The standard InChI is InChI=1S/C13H11ClFN3O/c14-9-1-2-10(11(15)5-9)13(19)18-4-3-12-8(7-18)6-16-17-12/h1-2,5-6H,3-4,7H2,(H,16,17). The van der Waals surface area contributed by atoms with E-state index in [4.69, 9.17) is 11.6 Å². The van der Waals surface area contributed by atoms with Gasteiger partial charge in [0, 0.05) is 35.8 Å². The van der Waals surface area contributed by atoms with Crippen LogP contribution in [-0.4, -0.2) is 27.5 Å². The number of aromatic nitrogens is 2. The minimum absolute atomic E-state index is 0.0522. The van der Waals surface area contributed by atoms with Gasteiger partial charge in [-0.2, -0.15) is 5.10 Å². The average molecular weight is 280 g/mol. The molecule has 1 N–H and O–H groups in total. The number of carbonyl (C=O) groups is 1. The van der Waals surface area contributed by atoms with Crippen molar-refractivity contribution in [2.24, 2.45) is 0 Å². The highest BCUT2D eigenvalue weighted by molar-refractivity contribution is 6.30. The summed E-state index contributed by atoms with van der Waals surface area (Å²) in [7, 11) is 0. The molecule has 1 aromatic carbocycles. The topological polar surface area (TPSA) is 49.0 Å². The summed E-state index contributed by atoms with van der Waals surface area (Å²) in [6.07, 6.45) is 2.41. The quantitative estimate of drug-likeness (QED) is 0.871. The number of rotatable bonds is 1. The van der Waals surface area contributed by atoms with Gasteiger partial charge in [0.2, 0.25) is 0 Å². The van der Waals surface area contributed by atoms with Gasteiger partial charge >= 0.3 is 0 Å². The van der Waals surface area contributed by atoms with Crippen LogP contribution < -0.4 is 0 Å². The Hall–Kier alpha value is -1.88. The van der Waals surface area contributed by atoms with Crippen molar-refractivity contribution in [2.75, 3.05) is 6.54 Å². The Balaban J connectivity index is 1.85. The van der Waals surface area contributed by atoms with Gasteiger partial charge in [-0.25, -0.2) is 4.39 Å². The van der Waals surface area contributed by atoms with Gasteiger partial charge in [-0.1, -0.05) is 11.6 Å². The highest BCUT2D eigenvalue weighted by Crippen LogP contribution is 2.21. The fourth-order valence-electron chi connectivity index (χ4n) is 2.23. The summed E-state index contributed by atoms with van der Waals surface area (Å²) in [5, 5.41) is 7.12. The second-order valence-electron chi connectivity index (χ2n) is 4.47. The minimum atomic E-state index is -0.588. The van der Waals surface area contributed by atoms with Gasteiger partial charge in [0.25, 0.3) is 5.91 Å². The molecule has 0 spiro atoms. The zero-order chi connectivity index (χ0) is 13.4. The zero-order valence-electron chi connectivity index (χ0n) is 9.99. The second kappa shape index (κ2) is 4.66. The van der Waals surface area contributed by atoms with Crippen molar-refractivity contribution >= 4 is 17.5 Å². The normalized spacial score (nSPS) is 14.3. The number of halogens is 2. The number of aromatic amines is 1. The first-order valence-corrected chi connectivity index (χ1v) is 6.28. The Bertz CT molecular complexity index is 641. The molecule has 1 aliphatic heterocycles. The van der Waals surface area contributed by atoms with Crippen LogP contribution in [0.3, 0.4) is 0 Å². The number of nitrogens with one attached hydrogen (secondary N) is 1. The summed E-state index contributed by atoms with van der Waals surface area (Å²) in [6.45, 7) is 1.00. The van der Waals surface area contributed by atoms with Gasteiger partial charge in [-0.15, -0.1) is 0 Å². The lowest BCUT2D eigenvalue weighted by molar-refractivity contribution is 0.0729. The zero-order valence-corrected chi connectivity index (χ0v) is 10.7. The summed E-state index contributed by atoms with van der Waals surface area (Å²) < 4.78 is 13.7. The molecule has 98 valence electrons. The van der Waals surface area contributed by atoms with Crippen LogP contribution in [0.15, 0.2) is 24.4 Å². The van der Waals surface area contributed by atoms with Crippen molar-refractivity contribution in [3.8, 4) is 0 Å². The number of hydrogen-bond acceptors (Lipinski definition) is 2. The predicted molar refractivity (Wildman–Crippen MR) is 68.4 cm³/mol. The molecule has 0 saturated carbocycles. The third-order valence-electron chi connectivity index (χ3n) is 3.25. The van der Waals surface area contributed by atoms with Crippen LogP contribution in [0, 0.1) is 5.82 Å². The summed E-state index contributed by atoms with van der Waals surface area (Å²) in [4.78, 5) is 13.9. The van der Waals surface area contributed by atoms with Gasteiger partial charge < -0.3 is 4.90 Å². The monoisotopic (exact) mass is 279 g/mol. The van der Waals surface area contributed by atoms with Crippen molar-refractivity contribution in [1.82, 2.24) is 15.1 Å². The molecule has 0 unspecified atom stereocenters. The van der Waals surface area contributed by atoms with E-state index >= 15 is 0 Å². The Morgan fingerprint density at radius 3 is 3.11 bits per heavy atom. The van der Waals surface area contributed by atoms with Crippen LogP contribution in [0.4, 0.5) is 4.39 Å². The first-order valence-electron chi connectivity index (χ1n) is 5.90. The van der Waals surface area contributed by atoms with E-state index in [9.17, 15) is 9.18 Å². The highest BCUT2D eigenvalue weighted by atomic mass is 35.5. The molecule has 0 aliphatic carbocycles. The minimum Gasteiger partial charge on any atom is -0.334 e. The SMILES string of the molecule is O=C(c1ccc(Cl)cc1F)N1CCc2[nH]ncc2C1. The lowest BCUT2D eigenvalue weighted by Gasteiger charge is -2.26. The molecule has 6 heteroatoms. The molecule has 0 atom stereocenters. The smallest absolute Gasteiger partial charge is 0.257 e. The number of hydrogen-bond donors (Lipinski definition) is 1. The molecule has 0 radical (unpaired) electrons. The molecule has 2 heterocycles. The summed E-state index contributed by atoms with van der Waals surface area (Å²) in [5.74, 6) is -0.906. The largest absolute Gasteiger partial charge is 0.334 e. The van der Waals surface area contributed by atoms with E-state index in [2.05, 4.69) is 10.2 Å². The molecule has 3 rings (SSSR count). The van der Waals surface area contributed by atoms with Crippen LogP contribution >= 0.6 is 11.6 Å². The summed E-state index contributed by atoms with van der Waals surface area (Å²) in [6, 6.07) is 4.10. The van der Waals surface area contributed by atoms with Crippen LogP contribution in [0.25, 0.3) is 0 Å². The molecule has 0 fully saturated rings. The molecule has 0 saturated heterocycles. The van der Waals surface area contributed by atoms with E-state index in [0.717, 1.165) is 17.3 Å². The molecular formula is C13H11ClFN3O. The van der Waals surface area contributed by atoms with Crippen molar-refractivity contribution in [1.29, 1.82) is 0 Å². The van der Waals surface area contributed by atoms with Gasteiger partial charge in [0.05, 0.1) is 11.8 Å². The van der Waals surface area contributed by atoms with Crippen LogP contribution in [0.2, 0.25) is 5.02 Å². The Morgan fingerprint density at radius 1 is 1.47 bits per heavy atom. The van der Waals surface area contributed by atoms with E-state index in [-0.39, 0.29) is 16.5 Å². The Morgan fingerprint density at radius 2 is 2.32 bits per heavy atom. The third-order valence-corrected chi connectivity index (χ3v) is 3.48. The Labute approximate surface area is 114 Å². The number of nitrogens with zero attached hydrogens (tertiary/aromatic N) is 2. The predicted octanol–water partition coefficient (Wildman–Crippen LogP) is 2.40.